The molecule has 0 aliphatic heterocycles. The molecule has 2 aromatic rings. The Bertz CT molecular complexity index is 644. The van der Waals surface area contributed by atoms with Crippen LogP contribution in [-0.4, -0.2) is 19.7 Å². The molecule has 19 heavy (non-hydrogen) atoms. The highest BCUT2D eigenvalue weighted by molar-refractivity contribution is 5.58. The lowest BCUT2D eigenvalue weighted by molar-refractivity contribution is -0.384. The van der Waals surface area contributed by atoms with Gasteiger partial charge in [-0.15, -0.1) is 0 Å². The van der Waals surface area contributed by atoms with Crippen molar-refractivity contribution in [3.8, 4) is 17.5 Å². The van der Waals surface area contributed by atoms with Crippen molar-refractivity contribution >= 4 is 5.69 Å². The van der Waals surface area contributed by atoms with Crippen LogP contribution in [0.25, 0.3) is 11.4 Å². The van der Waals surface area contributed by atoms with Gasteiger partial charge in [0.15, 0.2) is 5.82 Å². The van der Waals surface area contributed by atoms with Gasteiger partial charge in [-0.3, -0.25) is 10.1 Å². The van der Waals surface area contributed by atoms with Crippen LogP contribution in [0.15, 0.2) is 30.6 Å². The van der Waals surface area contributed by atoms with Crippen molar-refractivity contribution in [1.29, 1.82) is 5.26 Å². The van der Waals surface area contributed by atoms with Gasteiger partial charge in [0.2, 0.25) is 0 Å². The summed E-state index contributed by atoms with van der Waals surface area (Å²) in [6.07, 6.45) is 1.86. The first-order chi connectivity index (χ1) is 9.11. The van der Waals surface area contributed by atoms with Crippen LogP contribution < -0.4 is 0 Å². The van der Waals surface area contributed by atoms with Crippen LogP contribution in [0, 0.1) is 21.4 Å². The number of rotatable bonds is 4. The van der Waals surface area contributed by atoms with E-state index in [0.29, 0.717) is 17.8 Å². The fourth-order valence-corrected chi connectivity index (χ4v) is 1.60. The zero-order valence-electron chi connectivity index (χ0n) is 10.2. The highest BCUT2D eigenvalue weighted by Crippen LogP contribution is 2.21. The van der Waals surface area contributed by atoms with E-state index in [1.54, 1.807) is 16.8 Å². The maximum atomic E-state index is 10.7. The van der Waals surface area contributed by atoms with Crippen molar-refractivity contribution in [3.63, 3.8) is 0 Å². The summed E-state index contributed by atoms with van der Waals surface area (Å²) in [6, 6.07) is 8.12. The Morgan fingerprint density at radius 2 is 2.37 bits per heavy atom. The molecular formula is C12H11N5O2. The number of nitrogens with zero attached hydrogens (tertiary/aromatic N) is 5. The maximum Gasteiger partial charge on any atom is 0.270 e. The fraction of sp³-hybridized carbons (Fsp3) is 0.250. The number of hydrogen-bond donors (Lipinski definition) is 0. The SMILES string of the molecule is CC(CC#N)n1cnc(-c2cccc([N+](=O)[O-])c2)n1. The van der Waals surface area contributed by atoms with Gasteiger partial charge in [0.05, 0.1) is 23.5 Å². The molecule has 7 heteroatoms. The molecule has 1 atom stereocenters. The van der Waals surface area contributed by atoms with E-state index in [-0.39, 0.29) is 11.7 Å². The molecule has 2 rings (SSSR count). The monoisotopic (exact) mass is 257 g/mol. The molecule has 1 aromatic heterocycles. The molecule has 0 N–H and O–H groups in total. The summed E-state index contributed by atoms with van der Waals surface area (Å²) in [7, 11) is 0. The minimum Gasteiger partial charge on any atom is -0.258 e. The van der Waals surface area contributed by atoms with Crippen molar-refractivity contribution in [2.45, 2.75) is 19.4 Å². The third kappa shape index (κ3) is 2.74. The molecule has 1 heterocycles. The Balaban J connectivity index is 2.30. The van der Waals surface area contributed by atoms with Crippen LogP contribution >= 0.6 is 0 Å². The lowest BCUT2D eigenvalue weighted by atomic mass is 10.2. The van der Waals surface area contributed by atoms with Gasteiger partial charge in [-0.25, -0.2) is 9.67 Å². The van der Waals surface area contributed by atoms with E-state index in [0.717, 1.165) is 0 Å². The molecule has 0 saturated carbocycles. The number of nitro benzene ring substituents is 1. The molecule has 96 valence electrons. The second-order valence-electron chi connectivity index (χ2n) is 4.07. The van der Waals surface area contributed by atoms with Gasteiger partial charge in [-0.05, 0) is 6.92 Å². The van der Waals surface area contributed by atoms with E-state index in [9.17, 15) is 10.1 Å². The molecule has 0 amide bonds. The zero-order valence-corrected chi connectivity index (χ0v) is 10.2. The van der Waals surface area contributed by atoms with E-state index in [2.05, 4.69) is 16.2 Å². The molecular weight excluding hydrogens is 246 g/mol. The van der Waals surface area contributed by atoms with Crippen molar-refractivity contribution in [3.05, 3.63) is 40.7 Å². The number of aromatic nitrogens is 3. The number of non-ortho nitro benzene ring substituents is 1. The van der Waals surface area contributed by atoms with Crippen LogP contribution in [-0.2, 0) is 0 Å². The molecule has 0 radical (unpaired) electrons. The summed E-state index contributed by atoms with van der Waals surface area (Å²) in [5, 5.41) is 23.6. The predicted molar refractivity (Wildman–Crippen MR) is 67.1 cm³/mol. The first-order valence-corrected chi connectivity index (χ1v) is 5.64. The van der Waals surface area contributed by atoms with Gasteiger partial charge in [-0.1, -0.05) is 12.1 Å². The van der Waals surface area contributed by atoms with Gasteiger partial charge in [0.1, 0.15) is 6.33 Å². The molecule has 0 spiro atoms. The van der Waals surface area contributed by atoms with Crippen LogP contribution in [0.4, 0.5) is 5.69 Å². The van der Waals surface area contributed by atoms with E-state index >= 15 is 0 Å². The third-order valence-corrected chi connectivity index (χ3v) is 2.66. The summed E-state index contributed by atoms with van der Waals surface area (Å²) in [6.45, 7) is 1.86. The highest BCUT2D eigenvalue weighted by atomic mass is 16.6. The standard InChI is InChI=1S/C12H11N5O2/c1-9(5-6-13)16-8-14-12(15-16)10-3-2-4-11(7-10)17(18)19/h2-4,7-9H,5H2,1H3. The van der Waals surface area contributed by atoms with Crippen molar-refractivity contribution in [1.82, 2.24) is 14.8 Å². The summed E-state index contributed by atoms with van der Waals surface area (Å²) in [5.41, 5.74) is 0.580. The number of hydrogen-bond acceptors (Lipinski definition) is 5. The van der Waals surface area contributed by atoms with Crippen LogP contribution in [0.2, 0.25) is 0 Å². The Labute approximate surface area is 109 Å². The Morgan fingerprint density at radius 1 is 1.58 bits per heavy atom. The molecule has 0 fully saturated rings. The van der Waals surface area contributed by atoms with E-state index in [4.69, 9.17) is 5.26 Å². The van der Waals surface area contributed by atoms with Gasteiger partial charge in [0.25, 0.3) is 5.69 Å². The lowest BCUT2D eigenvalue weighted by Crippen LogP contribution is -2.04. The number of nitro groups is 1. The largest absolute Gasteiger partial charge is 0.270 e. The van der Waals surface area contributed by atoms with Crippen LogP contribution in [0.3, 0.4) is 0 Å². The smallest absolute Gasteiger partial charge is 0.258 e. The van der Waals surface area contributed by atoms with Crippen LogP contribution in [0.5, 0.6) is 0 Å². The maximum absolute atomic E-state index is 10.7. The van der Waals surface area contributed by atoms with Crippen LogP contribution in [0.1, 0.15) is 19.4 Å². The van der Waals surface area contributed by atoms with E-state index in [1.807, 2.05) is 6.92 Å². The fourth-order valence-electron chi connectivity index (χ4n) is 1.60. The van der Waals surface area contributed by atoms with Crippen molar-refractivity contribution < 1.29 is 4.92 Å². The van der Waals surface area contributed by atoms with E-state index < -0.39 is 4.92 Å². The number of nitriles is 1. The molecule has 1 unspecified atom stereocenters. The average molecular weight is 257 g/mol. The van der Waals surface area contributed by atoms with Gasteiger partial charge in [-0.2, -0.15) is 10.4 Å². The lowest BCUT2D eigenvalue weighted by Gasteiger charge is -2.05. The molecule has 0 aliphatic rings. The number of benzene rings is 1. The Morgan fingerprint density at radius 3 is 3.05 bits per heavy atom. The first kappa shape index (κ1) is 12.7. The molecule has 0 saturated heterocycles. The Hall–Kier alpha value is -2.75. The summed E-state index contributed by atoms with van der Waals surface area (Å²) >= 11 is 0. The first-order valence-electron chi connectivity index (χ1n) is 5.64. The third-order valence-electron chi connectivity index (χ3n) is 2.66. The summed E-state index contributed by atoms with van der Waals surface area (Å²) in [4.78, 5) is 14.4. The zero-order chi connectivity index (χ0) is 13.8. The molecule has 7 nitrogen and oxygen atoms in total. The molecule has 0 bridgehead atoms. The van der Waals surface area contributed by atoms with E-state index in [1.165, 1.54) is 18.5 Å². The van der Waals surface area contributed by atoms with Gasteiger partial charge >= 0.3 is 0 Å². The topological polar surface area (TPSA) is 97.6 Å². The second-order valence-corrected chi connectivity index (χ2v) is 4.07. The van der Waals surface area contributed by atoms with Crippen molar-refractivity contribution in [2.75, 3.05) is 0 Å². The van der Waals surface area contributed by atoms with Crippen molar-refractivity contribution in [2.24, 2.45) is 0 Å². The summed E-state index contributed by atoms with van der Waals surface area (Å²) < 4.78 is 1.58. The minimum atomic E-state index is -0.460. The quantitative estimate of drug-likeness (QED) is 0.618. The molecule has 1 aromatic carbocycles. The Kier molecular flexibility index (Phi) is 3.52. The average Bonchev–Trinajstić information content (AvgIpc) is 2.89. The molecule has 0 aliphatic carbocycles. The second kappa shape index (κ2) is 5.27. The van der Waals surface area contributed by atoms with Gasteiger partial charge in [0, 0.05) is 17.7 Å². The highest BCUT2D eigenvalue weighted by Gasteiger charge is 2.12. The minimum absolute atomic E-state index is 0.000997. The van der Waals surface area contributed by atoms with Gasteiger partial charge < -0.3 is 0 Å². The summed E-state index contributed by atoms with van der Waals surface area (Å²) in [5.74, 6) is 0.411. The normalized spacial score (nSPS) is 11.8. The predicted octanol–water partition coefficient (Wildman–Crippen LogP) is 2.33.